The average molecular weight is 379 g/mol. The van der Waals surface area contributed by atoms with Gasteiger partial charge in [0, 0.05) is 21.5 Å². The monoisotopic (exact) mass is 378 g/mol. The molecule has 26 heavy (non-hydrogen) atoms. The molecule has 126 valence electrons. The van der Waals surface area contributed by atoms with Crippen LogP contribution in [0.4, 0.5) is 0 Å². The fourth-order valence-corrected chi connectivity index (χ4v) is 3.39. The van der Waals surface area contributed by atoms with Crippen molar-refractivity contribution < 1.29 is 0 Å². The van der Waals surface area contributed by atoms with Crippen molar-refractivity contribution in [2.24, 2.45) is 0 Å². The third kappa shape index (κ3) is 2.64. The molecule has 0 aliphatic rings. The Hall–Kier alpha value is -3.14. The Kier molecular flexibility index (Phi) is 3.96. The summed E-state index contributed by atoms with van der Waals surface area (Å²) >= 11 is 11.3. The molecule has 0 spiro atoms. The van der Waals surface area contributed by atoms with Crippen LogP contribution in [0, 0.1) is 16.1 Å². The maximum absolute atomic E-state index is 12.2. The zero-order valence-electron chi connectivity index (χ0n) is 13.3. The lowest BCUT2D eigenvalue weighted by atomic mass is 10.00. The Labute approximate surface area is 157 Å². The molecule has 2 aromatic carbocycles. The minimum absolute atomic E-state index is 0.0309. The van der Waals surface area contributed by atoms with Gasteiger partial charge in [-0.3, -0.25) is 9.78 Å². The van der Waals surface area contributed by atoms with Crippen LogP contribution in [-0.2, 0) is 0 Å². The highest BCUT2D eigenvalue weighted by Crippen LogP contribution is 2.38. The molecule has 0 radical (unpaired) electrons. The van der Waals surface area contributed by atoms with Crippen LogP contribution >= 0.6 is 23.8 Å². The van der Waals surface area contributed by atoms with Crippen molar-refractivity contribution in [1.29, 1.82) is 5.26 Å². The van der Waals surface area contributed by atoms with Crippen molar-refractivity contribution in [2.45, 2.75) is 0 Å². The number of hydrogen-bond donors (Lipinski definition) is 3. The highest BCUT2D eigenvalue weighted by atomic mass is 35.5. The average Bonchev–Trinajstić information content (AvgIpc) is 3.00. The smallest absolute Gasteiger partial charge is 0.270 e. The standard InChI is InChI=1S/C19H11ClN4OS/c20-11-6-7-14-12(8-11)15(16(22-14)10-4-2-1-3-5-10)17-13(9-21)18(25)24-19(26)23-17/h1-8,22H,(H2,23,24,25,26). The second kappa shape index (κ2) is 6.30. The van der Waals surface area contributed by atoms with Gasteiger partial charge in [0.1, 0.15) is 11.6 Å². The summed E-state index contributed by atoms with van der Waals surface area (Å²) < 4.78 is 0.152. The summed E-state index contributed by atoms with van der Waals surface area (Å²) in [5, 5.41) is 10.9. The van der Waals surface area contributed by atoms with E-state index in [2.05, 4.69) is 15.0 Å². The first-order valence-corrected chi connectivity index (χ1v) is 8.51. The van der Waals surface area contributed by atoms with Crippen molar-refractivity contribution in [3.05, 3.63) is 74.2 Å². The van der Waals surface area contributed by atoms with E-state index in [0.717, 1.165) is 22.2 Å². The molecule has 4 rings (SSSR count). The van der Waals surface area contributed by atoms with Crippen molar-refractivity contribution in [3.63, 3.8) is 0 Å². The number of rotatable bonds is 2. The van der Waals surface area contributed by atoms with Gasteiger partial charge in [-0.05, 0) is 36.0 Å². The summed E-state index contributed by atoms with van der Waals surface area (Å²) in [5.74, 6) is 0. The highest BCUT2D eigenvalue weighted by Gasteiger charge is 2.20. The number of benzene rings is 2. The summed E-state index contributed by atoms with van der Waals surface area (Å²) in [6.07, 6.45) is 0. The summed E-state index contributed by atoms with van der Waals surface area (Å²) in [6.45, 7) is 0. The topological polar surface area (TPSA) is 88.2 Å². The van der Waals surface area contributed by atoms with E-state index >= 15 is 0 Å². The number of aromatic amines is 3. The van der Waals surface area contributed by atoms with Gasteiger partial charge < -0.3 is 9.97 Å². The minimum Gasteiger partial charge on any atom is -0.354 e. The molecule has 0 atom stereocenters. The van der Waals surface area contributed by atoms with Gasteiger partial charge in [-0.25, -0.2) is 0 Å². The van der Waals surface area contributed by atoms with Crippen LogP contribution in [0.15, 0.2) is 53.3 Å². The molecule has 4 aromatic rings. The predicted octanol–water partition coefficient (Wildman–Crippen LogP) is 4.77. The molecule has 0 aliphatic heterocycles. The Bertz CT molecular complexity index is 1300. The predicted molar refractivity (Wildman–Crippen MR) is 105 cm³/mol. The van der Waals surface area contributed by atoms with Gasteiger partial charge in [-0.2, -0.15) is 5.26 Å². The second-order valence-corrected chi connectivity index (χ2v) is 6.55. The molecule has 3 N–H and O–H groups in total. The van der Waals surface area contributed by atoms with E-state index in [0.29, 0.717) is 16.3 Å². The van der Waals surface area contributed by atoms with Crippen LogP contribution in [0.25, 0.3) is 33.4 Å². The van der Waals surface area contributed by atoms with E-state index in [4.69, 9.17) is 23.8 Å². The summed E-state index contributed by atoms with van der Waals surface area (Å²) in [7, 11) is 0. The summed E-state index contributed by atoms with van der Waals surface area (Å²) in [6, 6.07) is 17.1. The van der Waals surface area contributed by atoms with E-state index in [-0.39, 0.29) is 10.3 Å². The van der Waals surface area contributed by atoms with Gasteiger partial charge in [0.25, 0.3) is 5.56 Å². The Morgan fingerprint density at radius 2 is 1.77 bits per heavy atom. The van der Waals surface area contributed by atoms with Crippen molar-refractivity contribution >= 4 is 34.7 Å². The number of nitriles is 1. The van der Waals surface area contributed by atoms with Gasteiger partial charge >= 0.3 is 0 Å². The molecule has 7 heteroatoms. The molecule has 0 saturated heterocycles. The number of fused-ring (bicyclic) bond motifs is 1. The van der Waals surface area contributed by atoms with Crippen molar-refractivity contribution in [2.75, 3.05) is 0 Å². The van der Waals surface area contributed by atoms with E-state index in [1.807, 2.05) is 42.5 Å². The van der Waals surface area contributed by atoms with E-state index < -0.39 is 5.56 Å². The normalized spacial score (nSPS) is 10.8. The van der Waals surface area contributed by atoms with Gasteiger partial charge in [0.15, 0.2) is 4.77 Å². The van der Waals surface area contributed by atoms with Crippen LogP contribution in [0.2, 0.25) is 5.02 Å². The van der Waals surface area contributed by atoms with Crippen LogP contribution in [0.3, 0.4) is 0 Å². The number of hydrogen-bond acceptors (Lipinski definition) is 3. The zero-order chi connectivity index (χ0) is 18.3. The van der Waals surface area contributed by atoms with Gasteiger partial charge in [0.05, 0.1) is 11.4 Å². The maximum Gasteiger partial charge on any atom is 0.270 e. The zero-order valence-corrected chi connectivity index (χ0v) is 14.8. The van der Waals surface area contributed by atoms with Gasteiger partial charge in [-0.1, -0.05) is 41.9 Å². The lowest BCUT2D eigenvalue weighted by molar-refractivity contribution is 1.08. The maximum atomic E-state index is 12.2. The molecule has 0 amide bonds. The summed E-state index contributed by atoms with van der Waals surface area (Å²) in [5.41, 5.74) is 3.02. The SMILES string of the molecule is N#Cc1c(-c2c(-c3ccccc3)[nH]c3ccc(Cl)cc23)[nH]c(=S)[nH]c1=O. The summed E-state index contributed by atoms with van der Waals surface area (Å²) in [4.78, 5) is 21.0. The Morgan fingerprint density at radius 3 is 2.50 bits per heavy atom. The fraction of sp³-hybridized carbons (Fsp3) is 0. The Morgan fingerprint density at radius 1 is 1.00 bits per heavy atom. The van der Waals surface area contributed by atoms with Gasteiger partial charge in [0.2, 0.25) is 0 Å². The van der Waals surface area contributed by atoms with Gasteiger partial charge in [-0.15, -0.1) is 0 Å². The van der Waals surface area contributed by atoms with Crippen LogP contribution in [0.1, 0.15) is 5.56 Å². The van der Waals surface area contributed by atoms with E-state index in [9.17, 15) is 10.1 Å². The second-order valence-electron chi connectivity index (χ2n) is 5.70. The molecule has 2 aromatic heterocycles. The lowest BCUT2D eigenvalue weighted by Gasteiger charge is -2.07. The van der Waals surface area contributed by atoms with Crippen molar-refractivity contribution in [3.8, 4) is 28.6 Å². The first-order chi connectivity index (χ1) is 12.6. The Balaban J connectivity index is 2.19. The molecule has 0 aliphatic carbocycles. The van der Waals surface area contributed by atoms with Crippen molar-refractivity contribution in [1.82, 2.24) is 15.0 Å². The fourth-order valence-electron chi connectivity index (χ4n) is 3.03. The number of nitrogens with one attached hydrogen (secondary N) is 3. The van der Waals surface area contributed by atoms with Crippen LogP contribution in [-0.4, -0.2) is 15.0 Å². The largest absolute Gasteiger partial charge is 0.354 e. The van der Waals surface area contributed by atoms with Crippen LogP contribution < -0.4 is 5.56 Å². The molecular formula is C19H11ClN4OS. The third-order valence-corrected chi connectivity index (χ3v) is 4.57. The van der Waals surface area contributed by atoms with Crippen LogP contribution in [0.5, 0.6) is 0 Å². The first-order valence-electron chi connectivity index (χ1n) is 7.72. The lowest BCUT2D eigenvalue weighted by Crippen LogP contribution is -2.13. The molecule has 5 nitrogen and oxygen atoms in total. The molecule has 2 heterocycles. The molecule has 0 bridgehead atoms. The van der Waals surface area contributed by atoms with E-state index in [1.54, 1.807) is 12.1 Å². The number of H-pyrrole nitrogens is 3. The molecule has 0 saturated carbocycles. The first kappa shape index (κ1) is 16.3. The minimum atomic E-state index is -0.526. The van der Waals surface area contributed by atoms with E-state index in [1.165, 1.54) is 0 Å². The number of halogens is 1. The highest BCUT2D eigenvalue weighted by molar-refractivity contribution is 7.71. The molecular weight excluding hydrogens is 368 g/mol. The molecule has 0 fully saturated rings. The quantitative estimate of drug-likeness (QED) is 0.439. The third-order valence-electron chi connectivity index (χ3n) is 4.13. The molecule has 0 unspecified atom stereocenters. The number of aromatic nitrogens is 3. The number of nitrogens with zero attached hydrogens (tertiary/aromatic N) is 1.